The van der Waals surface area contributed by atoms with Gasteiger partial charge in [-0.3, -0.25) is 14.5 Å². The van der Waals surface area contributed by atoms with E-state index < -0.39 is 17.8 Å². The number of rotatable bonds is 4. The normalized spacial score (nSPS) is 24.3. The molecule has 5 heteroatoms. The molecule has 134 valence electrons. The standard InChI is InChI=1S/C20H26N2O3/c1-15-6-8-16(9-7-15)14-21-10-12-22(13-11-21)19(23)17-4-2-3-5-18(17)20(24)25/h2-3,6-9,17-18H,4-5,10-14H2,1H3,(H,24,25)/t17-,18+/m0/s1. The molecule has 2 aliphatic rings. The van der Waals surface area contributed by atoms with Crippen LogP contribution in [0.3, 0.4) is 0 Å². The molecule has 3 rings (SSSR count). The third-order valence-corrected chi connectivity index (χ3v) is 5.28. The first-order valence-corrected chi connectivity index (χ1v) is 8.99. The lowest BCUT2D eigenvalue weighted by molar-refractivity contribution is -0.151. The fraction of sp³-hybridized carbons (Fsp3) is 0.500. The summed E-state index contributed by atoms with van der Waals surface area (Å²) in [7, 11) is 0. The predicted molar refractivity (Wildman–Crippen MR) is 96.0 cm³/mol. The smallest absolute Gasteiger partial charge is 0.307 e. The van der Waals surface area contributed by atoms with E-state index in [4.69, 9.17) is 0 Å². The van der Waals surface area contributed by atoms with E-state index in [0.717, 1.165) is 19.6 Å². The van der Waals surface area contributed by atoms with Crippen LogP contribution in [0.1, 0.15) is 24.0 Å². The molecule has 0 bridgehead atoms. The van der Waals surface area contributed by atoms with Gasteiger partial charge in [0.25, 0.3) is 0 Å². The molecule has 1 fully saturated rings. The molecule has 0 saturated carbocycles. The topological polar surface area (TPSA) is 60.9 Å². The van der Waals surface area contributed by atoms with Crippen LogP contribution in [0.2, 0.25) is 0 Å². The third kappa shape index (κ3) is 4.28. The number of benzene rings is 1. The van der Waals surface area contributed by atoms with Gasteiger partial charge in [0.15, 0.2) is 0 Å². The Morgan fingerprint density at radius 2 is 1.60 bits per heavy atom. The van der Waals surface area contributed by atoms with Crippen LogP contribution in [0.5, 0.6) is 0 Å². The van der Waals surface area contributed by atoms with Crippen LogP contribution in [0.15, 0.2) is 36.4 Å². The summed E-state index contributed by atoms with van der Waals surface area (Å²) in [5.74, 6) is -1.85. The molecule has 0 spiro atoms. The summed E-state index contributed by atoms with van der Waals surface area (Å²) >= 11 is 0. The van der Waals surface area contributed by atoms with Gasteiger partial charge >= 0.3 is 5.97 Å². The highest BCUT2D eigenvalue weighted by molar-refractivity contribution is 5.85. The molecule has 1 aliphatic carbocycles. The molecule has 0 aromatic heterocycles. The van der Waals surface area contributed by atoms with Gasteiger partial charge in [0, 0.05) is 32.7 Å². The predicted octanol–water partition coefficient (Wildman–Crippen LogP) is 2.31. The maximum absolute atomic E-state index is 12.8. The number of piperazine rings is 1. The summed E-state index contributed by atoms with van der Waals surface area (Å²) in [6.07, 6.45) is 4.82. The van der Waals surface area contributed by atoms with E-state index in [9.17, 15) is 14.7 Å². The fourth-order valence-electron chi connectivity index (χ4n) is 3.67. The number of allylic oxidation sites excluding steroid dienone is 2. The first-order chi connectivity index (χ1) is 12.0. The first kappa shape index (κ1) is 17.7. The molecule has 1 saturated heterocycles. The fourth-order valence-corrected chi connectivity index (χ4v) is 3.67. The molecule has 0 radical (unpaired) electrons. The number of hydrogen-bond donors (Lipinski definition) is 1. The molecular formula is C20H26N2O3. The second-order valence-electron chi connectivity index (χ2n) is 7.08. The van der Waals surface area contributed by atoms with Gasteiger partial charge in [0.1, 0.15) is 0 Å². The van der Waals surface area contributed by atoms with Gasteiger partial charge in [0.05, 0.1) is 11.8 Å². The lowest BCUT2D eigenvalue weighted by Gasteiger charge is -2.37. The summed E-state index contributed by atoms with van der Waals surface area (Å²) in [6.45, 7) is 6.00. The number of carbonyl (C=O) groups is 2. The Balaban J connectivity index is 1.54. The van der Waals surface area contributed by atoms with Crippen LogP contribution >= 0.6 is 0 Å². The van der Waals surface area contributed by atoms with Crippen LogP contribution in [0.25, 0.3) is 0 Å². The van der Waals surface area contributed by atoms with Crippen LogP contribution in [0, 0.1) is 18.8 Å². The van der Waals surface area contributed by atoms with Crippen LogP contribution < -0.4 is 0 Å². The highest BCUT2D eigenvalue weighted by Crippen LogP contribution is 2.28. The summed E-state index contributed by atoms with van der Waals surface area (Å²) < 4.78 is 0. The molecule has 1 N–H and O–H groups in total. The molecule has 2 atom stereocenters. The second kappa shape index (κ2) is 7.83. The van der Waals surface area contributed by atoms with Gasteiger partial charge < -0.3 is 10.0 Å². The summed E-state index contributed by atoms with van der Waals surface area (Å²) in [6, 6.07) is 8.55. The molecule has 1 amide bonds. The largest absolute Gasteiger partial charge is 0.481 e. The van der Waals surface area contributed by atoms with Crippen LogP contribution in [0.4, 0.5) is 0 Å². The Bertz CT molecular complexity index is 645. The minimum Gasteiger partial charge on any atom is -0.481 e. The lowest BCUT2D eigenvalue weighted by atomic mass is 9.82. The number of aryl methyl sites for hydroxylation is 1. The van der Waals surface area contributed by atoms with Crippen LogP contribution in [-0.4, -0.2) is 53.0 Å². The van der Waals surface area contributed by atoms with Crippen molar-refractivity contribution < 1.29 is 14.7 Å². The number of aliphatic carboxylic acids is 1. The van der Waals surface area contributed by atoms with Crippen molar-refractivity contribution in [2.45, 2.75) is 26.3 Å². The Morgan fingerprint density at radius 1 is 1.00 bits per heavy atom. The van der Waals surface area contributed by atoms with E-state index in [1.54, 1.807) is 0 Å². The minimum absolute atomic E-state index is 0.00624. The molecule has 0 unspecified atom stereocenters. The van der Waals surface area contributed by atoms with Crippen molar-refractivity contribution in [1.29, 1.82) is 0 Å². The van der Waals surface area contributed by atoms with Crippen molar-refractivity contribution in [2.24, 2.45) is 11.8 Å². The molecule has 1 aromatic rings. The van der Waals surface area contributed by atoms with Crippen molar-refractivity contribution in [3.05, 3.63) is 47.5 Å². The van der Waals surface area contributed by atoms with Crippen molar-refractivity contribution in [2.75, 3.05) is 26.2 Å². The number of carboxylic acids is 1. The molecule has 5 nitrogen and oxygen atoms in total. The van der Waals surface area contributed by atoms with E-state index >= 15 is 0 Å². The summed E-state index contributed by atoms with van der Waals surface area (Å²) in [4.78, 5) is 28.4. The number of hydrogen-bond acceptors (Lipinski definition) is 3. The Morgan fingerprint density at radius 3 is 2.20 bits per heavy atom. The van der Waals surface area contributed by atoms with Crippen molar-refractivity contribution in [1.82, 2.24) is 9.80 Å². The zero-order chi connectivity index (χ0) is 17.8. The van der Waals surface area contributed by atoms with E-state index in [-0.39, 0.29) is 5.91 Å². The monoisotopic (exact) mass is 342 g/mol. The van der Waals surface area contributed by atoms with Gasteiger partial charge in [-0.15, -0.1) is 0 Å². The van der Waals surface area contributed by atoms with E-state index in [0.29, 0.717) is 25.9 Å². The van der Waals surface area contributed by atoms with Gasteiger partial charge in [-0.2, -0.15) is 0 Å². The van der Waals surface area contributed by atoms with Crippen molar-refractivity contribution in [3.63, 3.8) is 0 Å². The highest BCUT2D eigenvalue weighted by atomic mass is 16.4. The Labute approximate surface area is 148 Å². The quantitative estimate of drug-likeness (QED) is 0.853. The zero-order valence-electron chi connectivity index (χ0n) is 14.7. The average molecular weight is 342 g/mol. The second-order valence-corrected chi connectivity index (χ2v) is 7.08. The van der Waals surface area contributed by atoms with Gasteiger partial charge in [-0.05, 0) is 25.3 Å². The Kier molecular flexibility index (Phi) is 5.53. The molecule has 1 aromatic carbocycles. The summed E-state index contributed by atoms with van der Waals surface area (Å²) in [5, 5.41) is 9.37. The van der Waals surface area contributed by atoms with E-state index in [1.165, 1.54) is 11.1 Å². The molecule has 1 heterocycles. The lowest BCUT2D eigenvalue weighted by Crippen LogP contribution is -2.51. The van der Waals surface area contributed by atoms with Gasteiger partial charge in [-0.1, -0.05) is 42.0 Å². The third-order valence-electron chi connectivity index (χ3n) is 5.28. The maximum Gasteiger partial charge on any atom is 0.307 e. The van der Waals surface area contributed by atoms with E-state index in [1.807, 2.05) is 17.1 Å². The number of carbonyl (C=O) groups excluding carboxylic acids is 1. The molecule has 1 aliphatic heterocycles. The maximum atomic E-state index is 12.8. The number of amides is 1. The molecular weight excluding hydrogens is 316 g/mol. The number of nitrogens with zero attached hydrogens (tertiary/aromatic N) is 2. The first-order valence-electron chi connectivity index (χ1n) is 8.99. The minimum atomic E-state index is -0.860. The van der Waals surface area contributed by atoms with Gasteiger partial charge in [-0.25, -0.2) is 0 Å². The highest BCUT2D eigenvalue weighted by Gasteiger charge is 2.37. The SMILES string of the molecule is Cc1ccc(CN2CCN(C(=O)[C@H]3CC=CC[C@H]3C(=O)O)CC2)cc1. The van der Waals surface area contributed by atoms with E-state index in [2.05, 4.69) is 36.1 Å². The number of carboxylic acid groups (broad SMARTS) is 1. The summed E-state index contributed by atoms with van der Waals surface area (Å²) in [5.41, 5.74) is 2.54. The van der Waals surface area contributed by atoms with Gasteiger partial charge in [0.2, 0.25) is 5.91 Å². The Hall–Kier alpha value is -2.14. The van der Waals surface area contributed by atoms with Crippen molar-refractivity contribution in [3.8, 4) is 0 Å². The zero-order valence-corrected chi connectivity index (χ0v) is 14.7. The average Bonchev–Trinajstić information content (AvgIpc) is 2.63. The van der Waals surface area contributed by atoms with Crippen LogP contribution in [-0.2, 0) is 16.1 Å². The molecule has 25 heavy (non-hydrogen) atoms. The van der Waals surface area contributed by atoms with Crippen molar-refractivity contribution >= 4 is 11.9 Å².